The Kier molecular flexibility index (Phi) is 4.82. The van der Waals surface area contributed by atoms with Gasteiger partial charge in [-0.3, -0.25) is 0 Å². The minimum Gasteiger partial charge on any atom is -0.454 e. The summed E-state index contributed by atoms with van der Waals surface area (Å²) in [6.07, 6.45) is 0. The summed E-state index contributed by atoms with van der Waals surface area (Å²) in [5.41, 5.74) is 1.06. The maximum absolute atomic E-state index is 9.15. The van der Waals surface area contributed by atoms with Gasteiger partial charge in [-0.25, -0.2) is 0 Å². The van der Waals surface area contributed by atoms with Crippen LogP contribution in [0.15, 0.2) is 16.6 Å². The topological polar surface area (TPSA) is 60.0 Å². The Labute approximate surface area is 114 Å². The molecule has 0 spiro atoms. The molecule has 1 atom stereocenters. The molecule has 5 nitrogen and oxygen atoms in total. The van der Waals surface area contributed by atoms with Crippen molar-refractivity contribution in [3.63, 3.8) is 0 Å². The van der Waals surface area contributed by atoms with Crippen LogP contribution in [0, 0.1) is 0 Å². The number of aliphatic hydroxyl groups excluding tert-OH is 1. The Bertz CT molecular complexity index is 413. The Morgan fingerprint density at radius 2 is 2.33 bits per heavy atom. The summed E-state index contributed by atoms with van der Waals surface area (Å²) in [6, 6.07) is 3.84. The molecule has 6 heteroatoms. The third-order valence-electron chi connectivity index (χ3n) is 2.67. The van der Waals surface area contributed by atoms with Crippen LogP contribution in [0.25, 0.3) is 0 Å². The summed E-state index contributed by atoms with van der Waals surface area (Å²) in [5, 5.41) is 12.4. The van der Waals surface area contributed by atoms with Crippen LogP contribution in [0.4, 0.5) is 0 Å². The van der Waals surface area contributed by atoms with Crippen molar-refractivity contribution < 1.29 is 19.3 Å². The van der Waals surface area contributed by atoms with Gasteiger partial charge >= 0.3 is 0 Å². The lowest BCUT2D eigenvalue weighted by molar-refractivity contribution is 0.128. The van der Waals surface area contributed by atoms with E-state index in [0.717, 1.165) is 21.5 Å². The Morgan fingerprint density at radius 3 is 3.06 bits per heavy atom. The van der Waals surface area contributed by atoms with E-state index in [-0.39, 0.29) is 19.4 Å². The zero-order valence-corrected chi connectivity index (χ0v) is 11.7. The molecular weight excluding hydrogens is 302 g/mol. The van der Waals surface area contributed by atoms with Crippen LogP contribution in [-0.4, -0.2) is 38.3 Å². The molecule has 0 saturated heterocycles. The van der Waals surface area contributed by atoms with Crippen LogP contribution < -0.4 is 14.8 Å². The summed E-state index contributed by atoms with van der Waals surface area (Å²) in [5.74, 6) is 1.49. The van der Waals surface area contributed by atoms with Crippen LogP contribution in [0.3, 0.4) is 0 Å². The molecule has 1 aliphatic rings. The molecule has 100 valence electrons. The predicted molar refractivity (Wildman–Crippen MR) is 69.9 cm³/mol. The van der Waals surface area contributed by atoms with Gasteiger partial charge in [-0.05, 0) is 33.6 Å². The number of ether oxygens (including phenoxy) is 3. The first kappa shape index (κ1) is 13.6. The second-order valence-electron chi connectivity index (χ2n) is 4.03. The first-order chi connectivity index (χ1) is 8.74. The molecule has 2 N–H and O–H groups in total. The van der Waals surface area contributed by atoms with Crippen molar-refractivity contribution in [2.45, 2.75) is 12.6 Å². The number of benzene rings is 1. The zero-order valence-electron chi connectivity index (χ0n) is 10.1. The third-order valence-corrected chi connectivity index (χ3v) is 3.26. The molecule has 0 aromatic heterocycles. The molecule has 1 aromatic rings. The van der Waals surface area contributed by atoms with Crippen molar-refractivity contribution in [3.05, 3.63) is 22.2 Å². The van der Waals surface area contributed by atoms with Gasteiger partial charge in [0.2, 0.25) is 6.79 Å². The minimum absolute atomic E-state index is 0.0412. The molecule has 1 aliphatic heterocycles. The largest absolute Gasteiger partial charge is 0.454 e. The SMILES string of the molecule is COCC(CO)NCc1cc(Br)c2c(c1)OCO2. The van der Waals surface area contributed by atoms with E-state index in [4.69, 9.17) is 19.3 Å². The van der Waals surface area contributed by atoms with E-state index in [9.17, 15) is 0 Å². The lowest BCUT2D eigenvalue weighted by Crippen LogP contribution is -2.35. The highest BCUT2D eigenvalue weighted by atomic mass is 79.9. The highest BCUT2D eigenvalue weighted by Gasteiger charge is 2.18. The average Bonchev–Trinajstić information content (AvgIpc) is 2.83. The quantitative estimate of drug-likeness (QED) is 0.827. The molecule has 0 amide bonds. The highest BCUT2D eigenvalue weighted by Crippen LogP contribution is 2.39. The molecule has 0 fully saturated rings. The molecule has 1 heterocycles. The molecule has 0 bridgehead atoms. The van der Waals surface area contributed by atoms with E-state index < -0.39 is 0 Å². The van der Waals surface area contributed by atoms with Crippen LogP contribution in [0.1, 0.15) is 5.56 Å². The molecule has 0 radical (unpaired) electrons. The van der Waals surface area contributed by atoms with Crippen LogP contribution >= 0.6 is 15.9 Å². The maximum Gasteiger partial charge on any atom is 0.231 e. The molecule has 0 aliphatic carbocycles. The standard InChI is InChI=1S/C12H16BrNO4/c1-16-6-9(5-15)14-4-8-2-10(13)12-11(3-8)17-7-18-12/h2-3,9,14-15H,4-7H2,1H3. The van der Waals surface area contributed by atoms with E-state index in [1.807, 2.05) is 12.1 Å². The lowest BCUT2D eigenvalue weighted by atomic mass is 10.2. The first-order valence-corrected chi connectivity index (χ1v) is 6.45. The number of hydrogen-bond acceptors (Lipinski definition) is 5. The van der Waals surface area contributed by atoms with Crippen LogP contribution in [-0.2, 0) is 11.3 Å². The minimum atomic E-state index is -0.0702. The fraction of sp³-hybridized carbons (Fsp3) is 0.500. The smallest absolute Gasteiger partial charge is 0.231 e. The van der Waals surface area contributed by atoms with Crippen LogP contribution in [0.2, 0.25) is 0 Å². The number of hydrogen-bond donors (Lipinski definition) is 2. The molecule has 0 saturated carbocycles. The van der Waals surface area contributed by atoms with Gasteiger partial charge in [0.1, 0.15) is 0 Å². The first-order valence-electron chi connectivity index (χ1n) is 5.65. The molecule has 1 aromatic carbocycles. The predicted octanol–water partition coefficient (Wildman–Crippen LogP) is 1.27. The molecule has 1 unspecified atom stereocenters. The van der Waals surface area contributed by atoms with Gasteiger partial charge in [0.25, 0.3) is 0 Å². The fourth-order valence-corrected chi connectivity index (χ4v) is 2.37. The number of rotatable bonds is 6. The van der Waals surface area contributed by atoms with Crippen molar-refractivity contribution in [1.82, 2.24) is 5.32 Å². The van der Waals surface area contributed by atoms with Gasteiger partial charge in [-0.1, -0.05) is 0 Å². The van der Waals surface area contributed by atoms with E-state index >= 15 is 0 Å². The number of halogens is 1. The van der Waals surface area contributed by atoms with Crippen molar-refractivity contribution in [2.24, 2.45) is 0 Å². The second kappa shape index (κ2) is 6.38. The Hall–Kier alpha value is -0.820. The summed E-state index contributed by atoms with van der Waals surface area (Å²) >= 11 is 3.45. The molecule has 18 heavy (non-hydrogen) atoms. The van der Waals surface area contributed by atoms with E-state index in [1.165, 1.54) is 0 Å². The zero-order chi connectivity index (χ0) is 13.0. The summed E-state index contributed by atoms with van der Waals surface area (Å²) in [6.45, 7) is 1.40. The summed E-state index contributed by atoms with van der Waals surface area (Å²) in [7, 11) is 1.61. The van der Waals surface area contributed by atoms with Gasteiger partial charge in [0.15, 0.2) is 11.5 Å². The van der Waals surface area contributed by atoms with Crippen molar-refractivity contribution >= 4 is 15.9 Å². The monoisotopic (exact) mass is 317 g/mol. The second-order valence-corrected chi connectivity index (χ2v) is 4.88. The number of nitrogens with one attached hydrogen (secondary N) is 1. The van der Waals surface area contributed by atoms with Crippen LogP contribution in [0.5, 0.6) is 11.5 Å². The Morgan fingerprint density at radius 1 is 1.50 bits per heavy atom. The molecule has 2 rings (SSSR count). The van der Waals surface area contributed by atoms with Gasteiger partial charge < -0.3 is 24.6 Å². The van der Waals surface area contributed by atoms with Crippen molar-refractivity contribution in [1.29, 1.82) is 0 Å². The average molecular weight is 318 g/mol. The maximum atomic E-state index is 9.15. The number of methoxy groups -OCH3 is 1. The van der Waals surface area contributed by atoms with Gasteiger partial charge in [0.05, 0.1) is 23.7 Å². The summed E-state index contributed by atoms with van der Waals surface area (Å²) < 4.78 is 16.5. The Balaban J connectivity index is 1.99. The van der Waals surface area contributed by atoms with Gasteiger partial charge in [-0.2, -0.15) is 0 Å². The van der Waals surface area contributed by atoms with Gasteiger partial charge in [0, 0.05) is 13.7 Å². The van der Waals surface area contributed by atoms with E-state index in [2.05, 4.69) is 21.2 Å². The number of fused-ring (bicyclic) bond motifs is 1. The van der Waals surface area contributed by atoms with E-state index in [1.54, 1.807) is 7.11 Å². The molecular formula is C12H16BrNO4. The van der Waals surface area contributed by atoms with Crippen molar-refractivity contribution in [2.75, 3.05) is 27.1 Å². The lowest BCUT2D eigenvalue weighted by Gasteiger charge is -2.15. The highest BCUT2D eigenvalue weighted by molar-refractivity contribution is 9.10. The summed E-state index contributed by atoms with van der Waals surface area (Å²) in [4.78, 5) is 0. The van der Waals surface area contributed by atoms with E-state index in [0.29, 0.717) is 13.2 Å². The number of aliphatic hydroxyl groups is 1. The normalized spacial score (nSPS) is 14.8. The fourth-order valence-electron chi connectivity index (χ4n) is 1.76. The van der Waals surface area contributed by atoms with Gasteiger partial charge in [-0.15, -0.1) is 0 Å². The third kappa shape index (κ3) is 3.14. The van der Waals surface area contributed by atoms with Crippen molar-refractivity contribution in [3.8, 4) is 11.5 Å².